The Morgan fingerprint density at radius 1 is 1.36 bits per heavy atom. The SMILES string of the molecule is COC1c2ccccc2SNC1(C)C. The Hall–Kier alpha value is -0.510. The van der Waals surface area contributed by atoms with E-state index < -0.39 is 0 Å². The molecule has 2 rings (SSSR count). The van der Waals surface area contributed by atoms with Gasteiger partial charge in [-0.05, 0) is 37.4 Å². The normalized spacial score (nSPS) is 24.4. The molecule has 2 nitrogen and oxygen atoms in total. The standard InChI is InChI=1S/C11H15NOS/c1-11(2)10(13-3)8-6-4-5-7-9(8)14-12-11/h4-7,10,12H,1-3H3. The van der Waals surface area contributed by atoms with Crippen molar-refractivity contribution in [2.24, 2.45) is 0 Å². The molecule has 1 atom stereocenters. The van der Waals surface area contributed by atoms with Gasteiger partial charge in [0.25, 0.3) is 0 Å². The summed E-state index contributed by atoms with van der Waals surface area (Å²) in [5.74, 6) is 0. The Kier molecular flexibility index (Phi) is 2.56. The molecule has 0 spiro atoms. The smallest absolute Gasteiger partial charge is 0.102 e. The maximum absolute atomic E-state index is 5.56. The van der Waals surface area contributed by atoms with Crippen molar-refractivity contribution in [2.75, 3.05) is 7.11 Å². The Bertz CT molecular complexity index is 338. The molecule has 0 amide bonds. The van der Waals surface area contributed by atoms with E-state index in [0.29, 0.717) is 0 Å². The molecular weight excluding hydrogens is 194 g/mol. The van der Waals surface area contributed by atoms with Crippen LogP contribution in [0.2, 0.25) is 0 Å². The summed E-state index contributed by atoms with van der Waals surface area (Å²) in [5, 5.41) is 0. The first kappa shape index (κ1) is 10.0. The number of ether oxygens (including phenoxy) is 1. The fourth-order valence-corrected chi connectivity index (χ4v) is 2.76. The zero-order valence-corrected chi connectivity index (χ0v) is 9.52. The number of rotatable bonds is 1. The molecule has 76 valence electrons. The highest BCUT2D eigenvalue weighted by molar-refractivity contribution is 7.97. The average Bonchev–Trinajstić information content (AvgIpc) is 2.17. The molecule has 1 aromatic carbocycles. The predicted octanol–water partition coefficient (Wildman–Crippen LogP) is 2.76. The van der Waals surface area contributed by atoms with E-state index in [1.54, 1.807) is 19.1 Å². The monoisotopic (exact) mass is 209 g/mol. The third-order valence-electron chi connectivity index (χ3n) is 2.52. The van der Waals surface area contributed by atoms with Crippen LogP contribution in [-0.2, 0) is 4.74 Å². The van der Waals surface area contributed by atoms with Crippen LogP contribution in [0.3, 0.4) is 0 Å². The van der Waals surface area contributed by atoms with Gasteiger partial charge in [0.2, 0.25) is 0 Å². The molecule has 1 aliphatic heterocycles. The summed E-state index contributed by atoms with van der Waals surface area (Å²) in [6, 6.07) is 8.37. The second-order valence-corrected chi connectivity index (χ2v) is 4.93. The molecule has 1 heterocycles. The van der Waals surface area contributed by atoms with Gasteiger partial charge in [0, 0.05) is 12.0 Å². The van der Waals surface area contributed by atoms with Gasteiger partial charge in [-0.15, -0.1) is 0 Å². The highest BCUT2D eigenvalue weighted by atomic mass is 32.2. The molecule has 1 N–H and O–H groups in total. The quantitative estimate of drug-likeness (QED) is 0.719. The zero-order valence-electron chi connectivity index (χ0n) is 8.70. The van der Waals surface area contributed by atoms with Gasteiger partial charge in [0.15, 0.2) is 0 Å². The van der Waals surface area contributed by atoms with Crippen LogP contribution in [0.5, 0.6) is 0 Å². The molecule has 0 aromatic heterocycles. The van der Waals surface area contributed by atoms with Crippen molar-refractivity contribution in [3.05, 3.63) is 29.8 Å². The van der Waals surface area contributed by atoms with Gasteiger partial charge >= 0.3 is 0 Å². The number of methoxy groups -OCH3 is 1. The van der Waals surface area contributed by atoms with Gasteiger partial charge in [-0.3, -0.25) is 4.72 Å². The van der Waals surface area contributed by atoms with Crippen LogP contribution in [0.25, 0.3) is 0 Å². The van der Waals surface area contributed by atoms with Crippen LogP contribution in [0.15, 0.2) is 29.2 Å². The molecule has 1 aromatic rings. The molecule has 0 radical (unpaired) electrons. The molecule has 0 saturated carbocycles. The van der Waals surface area contributed by atoms with Crippen molar-refractivity contribution in [2.45, 2.75) is 30.4 Å². The van der Waals surface area contributed by atoms with E-state index in [1.165, 1.54) is 10.5 Å². The molecule has 14 heavy (non-hydrogen) atoms. The molecule has 0 saturated heterocycles. The van der Waals surface area contributed by atoms with Gasteiger partial charge < -0.3 is 4.74 Å². The number of benzene rings is 1. The lowest BCUT2D eigenvalue weighted by Gasteiger charge is -2.39. The summed E-state index contributed by atoms with van der Waals surface area (Å²) < 4.78 is 8.96. The Labute approximate surface area is 89.2 Å². The van der Waals surface area contributed by atoms with Crippen LogP contribution in [-0.4, -0.2) is 12.6 Å². The number of nitrogens with one attached hydrogen (secondary N) is 1. The van der Waals surface area contributed by atoms with Gasteiger partial charge in [0.1, 0.15) is 6.10 Å². The lowest BCUT2D eigenvalue weighted by atomic mass is 9.92. The maximum Gasteiger partial charge on any atom is 0.102 e. The van der Waals surface area contributed by atoms with Gasteiger partial charge in [0.05, 0.1) is 5.54 Å². The second kappa shape index (κ2) is 3.57. The molecular formula is C11H15NOS. The first-order valence-corrected chi connectivity index (χ1v) is 5.52. The number of hydrogen-bond donors (Lipinski definition) is 1. The van der Waals surface area contributed by atoms with Crippen LogP contribution >= 0.6 is 11.9 Å². The van der Waals surface area contributed by atoms with Crippen molar-refractivity contribution in [3.8, 4) is 0 Å². The average molecular weight is 209 g/mol. The van der Waals surface area contributed by atoms with Gasteiger partial charge in [-0.2, -0.15) is 0 Å². The third-order valence-corrected chi connectivity index (χ3v) is 3.74. The van der Waals surface area contributed by atoms with Crippen molar-refractivity contribution >= 4 is 11.9 Å². The van der Waals surface area contributed by atoms with Crippen molar-refractivity contribution in [1.82, 2.24) is 4.72 Å². The predicted molar refractivity (Wildman–Crippen MR) is 59.3 cm³/mol. The van der Waals surface area contributed by atoms with E-state index in [2.05, 4.69) is 42.8 Å². The summed E-state index contributed by atoms with van der Waals surface area (Å²) in [7, 11) is 1.76. The number of fused-ring (bicyclic) bond motifs is 1. The topological polar surface area (TPSA) is 21.3 Å². The molecule has 1 aliphatic rings. The molecule has 0 fully saturated rings. The van der Waals surface area contributed by atoms with Gasteiger partial charge in [-0.1, -0.05) is 18.2 Å². The van der Waals surface area contributed by atoms with Crippen molar-refractivity contribution in [1.29, 1.82) is 0 Å². The van der Waals surface area contributed by atoms with Crippen molar-refractivity contribution in [3.63, 3.8) is 0 Å². The largest absolute Gasteiger partial charge is 0.375 e. The number of hydrogen-bond acceptors (Lipinski definition) is 3. The minimum atomic E-state index is -0.0201. The summed E-state index contributed by atoms with van der Waals surface area (Å²) in [6.45, 7) is 4.31. The first-order chi connectivity index (χ1) is 6.65. The van der Waals surface area contributed by atoms with Crippen molar-refractivity contribution < 1.29 is 4.74 Å². The van der Waals surface area contributed by atoms with Crippen LogP contribution in [0.1, 0.15) is 25.5 Å². The Balaban J connectivity index is 2.45. The summed E-state index contributed by atoms with van der Waals surface area (Å²) in [6.07, 6.45) is 0.125. The molecule has 0 aliphatic carbocycles. The van der Waals surface area contributed by atoms with Crippen LogP contribution < -0.4 is 4.72 Å². The van der Waals surface area contributed by atoms with E-state index in [4.69, 9.17) is 4.74 Å². The van der Waals surface area contributed by atoms with E-state index in [0.717, 1.165) is 0 Å². The lowest BCUT2D eigenvalue weighted by Crippen LogP contribution is -2.44. The molecule has 0 bridgehead atoms. The Morgan fingerprint density at radius 2 is 2.07 bits per heavy atom. The fourth-order valence-electron chi connectivity index (χ4n) is 1.84. The van der Waals surface area contributed by atoms with Crippen LogP contribution in [0, 0.1) is 0 Å². The summed E-state index contributed by atoms with van der Waals surface area (Å²) >= 11 is 1.68. The van der Waals surface area contributed by atoms with E-state index >= 15 is 0 Å². The van der Waals surface area contributed by atoms with E-state index in [-0.39, 0.29) is 11.6 Å². The second-order valence-electron chi connectivity index (χ2n) is 4.08. The lowest BCUT2D eigenvalue weighted by molar-refractivity contribution is 0.0381. The Morgan fingerprint density at radius 3 is 2.79 bits per heavy atom. The van der Waals surface area contributed by atoms with Gasteiger partial charge in [-0.25, -0.2) is 0 Å². The first-order valence-electron chi connectivity index (χ1n) is 4.71. The minimum Gasteiger partial charge on any atom is -0.375 e. The van der Waals surface area contributed by atoms with E-state index in [1.807, 2.05) is 0 Å². The maximum atomic E-state index is 5.56. The summed E-state index contributed by atoms with van der Waals surface area (Å²) in [4.78, 5) is 1.26. The molecule has 3 heteroatoms. The highest BCUT2D eigenvalue weighted by Gasteiger charge is 2.36. The summed E-state index contributed by atoms with van der Waals surface area (Å²) in [5.41, 5.74) is 1.26. The zero-order chi connectivity index (χ0) is 10.2. The van der Waals surface area contributed by atoms with Crippen LogP contribution in [0.4, 0.5) is 0 Å². The third kappa shape index (κ3) is 1.56. The highest BCUT2D eigenvalue weighted by Crippen LogP contribution is 2.40. The van der Waals surface area contributed by atoms with E-state index in [9.17, 15) is 0 Å². The molecule has 1 unspecified atom stereocenters. The minimum absolute atomic E-state index is 0.0201. The fraction of sp³-hybridized carbons (Fsp3) is 0.455.